The van der Waals surface area contributed by atoms with Crippen LogP contribution in [0.25, 0.3) is 5.69 Å². The Morgan fingerprint density at radius 1 is 1.41 bits per heavy atom. The van der Waals surface area contributed by atoms with Gasteiger partial charge in [0.25, 0.3) is 5.69 Å². The van der Waals surface area contributed by atoms with Crippen molar-refractivity contribution in [1.29, 1.82) is 0 Å². The first-order chi connectivity index (χ1) is 8.00. The Balaban J connectivity index is 2.73. The molecule has 0 aliphatic carbocycles. The second kappa shape index (κ2) is 3.77. The highest BCUT2D eigenvalue weighted by Crippen LogP contribution is 2.27. The van der Waals surface area contributed by atoms with Crippen molar-refractivity contribution in [3.8, 4) is 5.69 Å². The normalized spacial score (nSPS) is 10.5. The molecule has 0 spiro atoms. The van der Waals surface area contributed by atoms with Crippen LogP contribution in [0.1, 0.15) is 0 Å². The standard InChI is InChI=1S/C8H5F2N5O2/c9-4-1-2-5(15(16)17)8(7(4)10)14-3-6(11)12-13-14/h1-3H,11H2. The molecule has 2 N–H and O–H groups in total. The molecule has 1 heterocycles. The van der Waals surface area contributed by atoms with Crippen LogP contribution in [0.15, 0.2) is 18.3 Å². The molecule has 2 aromatic rings. The maximum atomic E-state index is 13.5. The second-order valence-corrected chi connectivity index (χ2v) is 3.07. The lowest BCUT2D eigenvalue weighted by Crippen LogP contribution is -2.05. The third-order valence-corrected chi connectivity index (χ3v) is 1.98. The molecule has 0 atom stereocenters. The molecule has 0 bridgehead atoms. The Morgan fingerprint density at radius 3 is 2.65 bits per heavy atom. The summed E-state index contributed by atoms with van der Waals surface area (Å²) in [6, 6.07) is 1.50. The Labute approximate surface area is 92.6 Å². The predicted octanol–water partition coefficient (Wildman–Crippen LogP) is 1.04. The summed E-state index contributed by atoms with van der Waals surface area (Å²) in [5.41, 5.74) is 3.98. The van der Waals surface area contributed by atoms with Crippen LogP contribution in [0, 0.1) is 21.7 Å². The number of hydrogen-bond acceptors (Lipinski definition) is 5. The van der Waals surface area contributed by atoms with Crippen LogP contribution in [0.2, 0.25) is 0 Å². The maximum absolute atomic E-state index is 13.5. The Bertz CT molecular complexity index is 598. The molecule has 0 aliphatic heterocycles. The van der Waals surface area contributed by atoms with Gasteiger partial charge in [-0.2, -0.15) is 0 Å². The minimum absolute atomic E-state index is 0.0667. The van der Waals surface area contributed by atoms with Gasteiger partial charge in [0, 0.05) is 6.07 Å². The number of nitrogens with zero attached hydrogens (tertiary/aromatic N) is 4. The number of anilines is 1. The van der Waals surface area contributed by atoms with Gasteiger partial charge in [-0.05, 0) is 6.07 Å². The van der Waals surface area contributed by atoms with Crippen LogP contribution in [-0.2, 0) is 0 Å². The molecule has 7 nitrogen and oxygen atoms in total. The highest BCUT2D eigenvalue weighted by molar-refractivity contribution is 5.53. The average Bonchev–Trinajstić information content (AvgIpc) is 2.68. The Hall–Kier alpha value is -2.58. The highest BCUT2D eigenvalue weighted by atomic mass is 19.2. The first kappa shape index (κ1) is 10.9. The number of nitrogen functional groups attached to an aromatic ring is 1. The zero-order valence-corrected chi connectivity index (χ0v) is 8.17. The minimum Gasteiger partial charge on any atom is -0.381 e. The third kappa shape index (κ3) is 1.77. The van der Waals surface area contributed by atoms with Crippen LogP contribution < -0.4 is 5.73 Å². The summed E-state index contributed by atoms with van der Waals surface area (Å²) in [6.45, 7) is 0. The van der Waals surface area contributed by atoms with Gasteiger partial charge in [-0.3, -0.25) is 10.1 Å². The summed E-state index contributed by atoms with van der Waals surface area (Å²) in [7, 11) is 0. The van der Waals surface area contributed by atoms with E-state index in [-0.39, 0.29) is 5.82 Å². The molecular weight excluding hydrogens is 236 g/mol. The fourth-order valence-electron chi connectivity index (χ4n) is 1.28. The molecule has 88 valence electrons. The van der Waals surface area contributed by atoms with Crippen molar-refractivity contribution in [1.82, 2.24) is 15.0 Å². The van der Waals surface area contributed by atoms with E-state index in [2.05, 4.69) is 10.3 Å². The second-order valence-electron chi connectivity index (χ2n) is 3.07. The number of hydrogen-bond donors (Lipinski definition) is 1. The summed E-state index contributed by atoms with van der Waals surface area (Å²) >= 11 is 0. The molecule has 2 rings (SSSR count). The Kier molecular flexibility index (Phi) is 2.42. The largest absolute Gasteiger partial charge is 0.381 e. The minimum atomic E-state index is -1.39. The lowest BCUT2D eigenvalue weighted by molar-refractivity contribution is -0.384. The van der Waals surface area contributed by atoms with Gasteiger partial charge < -0.3 is 5.73 Å². The molecule has 1 aromatic heterocycles. The molecule has 0 fully saturated rings. The zero-order valence-electron chi connectivity index (χ0n) is 8.17. The predicted molar refractivity (Wildman–Crippen MR) is 52.3 cm³/mol. The Morgan fingerprint density at radius 2 is 2.12 bits per heavy atom. The molecule has 0 saturated carbocycles. The van der Waals surface area contributed by atoms with Gasteiger partial charge in [0.1, 0.15) is 0 Å². The molecule has 17 heavy (non-hydrogen) atoms. The lowest BCUT2D eigenvalue weighted by Gasteiger charge is -2.03. The van der Waals surface area contributed by atoms with Crippen molar-refractivity contribution in [2.75, 3.05) is 5.73 Å². The van der Waals surface area contributed by atoms with E-state index in [0.29, 0.717) is 10.7 Å². The van der Waals surface area contributed by atoms with Gasteiger partial charge in [-0.1, -0.05) is 5.21 Å². The van der Waals surface area contributed by atoms with Crippen LogP contribution in [0.3, 0.4) is 0 Å². The molecular formula is C8H5F2N5O2. The average molecular weight is 241 g/mol. The third-order valence-electron chi connectivity index (χ3n) is 1.98. The van der Waals surface area contributed by atoms with Crippen molar-refractivity contribution >= 4 is 11.5 Å². The van der Waals surface area contributed by atoms with Crippen LogP contribution in [0.5, 0.6) is 0 Å². The van der Waals surface area contributed by atoms with Gasteiger partial charge in [0.15, 0.2) is 23.1 Å². The topological polar surface area (TPSA) is 99.9 Å². The zero-order chi connectivity index (χ0) is 12.6. The van der Waals surface area contributed by atoms with Gasteiger partial charge in [0.2, 0.25) is 0 Å². The van der Waals surface area contributed by atoms with Crippen LogP contribution >= 0.6 is 0 Å². The first-order valence-corrected chi connectivity index (χ1v) is 4.31. The van der Waals surface area contributed by atoms with E-state index in [4.69, 9.17) is 5.73 Å². The smallest absolute Gasteiger partial charge is 0.298 e. The van der Waals surface area contributed by atoms with Gasteiger partial charge in [0.05, 0.1) is 11.1 Å². The summed E-state index contributed by atoms with van der Waals surface area (Å²) in [4.78, 5) is 9.84. The molecule has 0 aliphatic rings. The van der Waals surface area contributed by atoms with E-state index in [9.17, 15) is 18.9 Å². The summed E-state index contributed by atoms with van der Waals surface area (Å²) in [6.07, 6.45) is 1.05. The van der Waals surface area contributed by atoms with Crippen LogP contribution in [-0.4, -0.2) is 19.9 Å². The number of nitro benzene ring substituents is 1. The summed E-state index contributed by atoms with van der Waals surface area (Å²) in [5.74, 6) is -2.67. The van der Waals surface area contributed by atoms with E-state index in [1.807, 2.05) is 0 Å². The molecule has 0 radical (unpaired) electrons. The monoisotopic (exact) mass is 241 g/mol. The fourth-order valence-corrected chi connectivity index (χ4v) is 1.28. The summed E-state index contributed by atoms with van der Waals surface area (Å²) < 4.78 is 27.2. The number of aromatic nitrogens is 3. The fraction of sp³-hybridized carbons (Fsp3) is 0. The maximum Gasteiger partial charge on any atom is 0.298 e. The number of rotatable bonds is 2. The van der Waals surface area contributed by atoms with Crippen molar-refractivity contribution in [3.63, 3.8) is 0 Å². The quantitative estimate of drug-likeness (QED) is 0.625. The first-order valence-electron chi connectivity index (χ1n) is 4.31. The van der Waals surface area contributed by atoms with Crippen LogP contribution in [0.4, 0.5) is 20.3 Å². The highest BCUT2D eigenvalue weighted by Gasteiger charge is 2.24. The lowest BCUT2D eigenvalue weighted by atomic mass is 10.2. The molecule has 0 saturated heterocycles. The molecule has 9 heteroatoms. The van der Waals surface area contributed by atoms with E-state index in [1.165, 1.54) is 0 Å². The SMILES string of the molecule is Nc1cn(-c2c([N+](=O)[O-])ccc(F)c2F)nn1. The van der Waals surface area contributed by atoms with E-state index in [0.717, 1.165) is 12.3 Å². The molecule has 1 aromatic carbocycles. The van der Waals surface area contributed by atoms with Crippen molar-refractivity contribution < 1.29 is 13.7 Å². The number of nitrogens with two attached hydrogens (primary N) is 1. The van der Waals surface area contributed by atoms with E-state index in [1.54, 1.807) is 0 Å². The summed E-state index contributed by atoms with van der Waals surface area (Å²) in [5, 5.41) is 17.4. The van der Waals surface area contributed by atoms with E-state index < -0.39 is 27.9 Å². The van der Waals surface area contributed by atoms with Gasteiger partial charge in [-0.15, -0.1) is 5.10 Å². The van der Waals surface area contributed by atoms with Crippen molar-refractivity contribution in [3.05, 3.63) is 40.1 Å². The molecule has 0 unspecified atom stereocenters. The number of benzene rings is 1. The van der Waals surface area contributed by atoms with E-state index >= 15 is 0 Å². The van der Waals surface area contributed by atoms with Gasteiger partial charge in [-0.25, -0.2) is 13.5 Å². The van der Waals surface area contributed by atoms with Crippen molar-refractivity contribution in [2.45, 2.75) is 0 Å². The molecule has 0 amide bonds. The van der Waals surface area contributed by atoms with Gasteiger partial charge >= 0.3 is 0 Å². The van der Waals surface area contributed by atoms with Crippen molar-refractivity contribution in [2.24, 2.45) is 0 Å². The number of nitro groups is 1. The number of halogens is 2.